The smallest absolute Gasteiger partial charge is 0.241 e. The van der Waals surface area contributed by atoms with Crippen LogP contribution in [-0.4, -0.2) is 47.5 Å². The minimum absolute atomic E-state index is 0.672. The summed E-state index contributed by atoms with van der Waals surface area (Å²) < 4.78 is 5.39. The third kappa shape index (κ3) is 3.84. The molecule has 2 aromatic rings. The largest absolute Gasteiger partial charge is 0.338 e. The van der Waals surface area contributed by atoms with Crippen molar-refractivity contribution < 1.29 is 4.52 Å². The predicted molar refractivity (Wildman–Crippen MR) is 84.3 cm³/mol. The second kappa shape index (κ2) is 7.06. The maximum atomic E-state index is 5.39. The first-order valence-corrected chi connectivity index (χ1v) is 8.48. The van der Waals surface area contributed by atoms with Crippen molar-refractivity contribution in [1.82, 2.24) is 20.4 Å². The molecule has 1 aromatic carbocycles. The van der Waals surface area contributed by atoms with Gasteiger partial charge in [-0.1, -0.05) is 5.16 Å². The second-order valence-electron chi connectivity index (χ2n) is 5.12. The van der Waals surface area contributed by atoms with Gasteiger partial charge >= 0.3 is 0 Å². The van der Waals surface area contributed by atoms with E-state index < -0.39 is 0 Å². The van der Waals surface area contributed by atoms with Crippen molar-refractivity contribution in [1.29, 1.82) is 0 Å². The summed E-state index contributed by atoms with van der Waals surface area (Å²) in [5.74, 6) is 1.37. The van der Waals surface area contributed by atoms with Gasteiger partial charge in [-0.2, -0.15) is 4.98 Å². The Hall–Kier alpha value is -1.37. The number of nitrogens with one attached hydrogen (secondary N) is 1. The lowest BCUT2D eigenvalue weighted by atomic mass is 10.2. The Morgan fingerprint density at radius 2 is 2.10 bits per heavy atom. The van der Waals surface area contributed by atoms with Crippen LogP contribution in [0.25, 0.3) is 11.4 Å². The molecule has 1 saturated heterocycles. The number of aromatic nitrogens is 2. The molecule has 1 fully saturated rings. The van der Waals surface area contributed by atoms with Crippen molar-refractivity contribution >= 4 is 11.8 Å². The van der Waals surface area contributed by atoms with Crippen LogP contribution >= 0.6 is 11.8 Å². The number of benzene rings is 1. The molecule has 6 heteroatoms. The number of hydrogen-bond acceptors (Lipinski definition) is 6. The minimum atomic E-state index is 0.672. The minimum Gasteiger partial charge on any atom is -0.338 e. The van der Waals surface area contributed by atoms with E-state index in [1.165, 1.54) is 4.90 Å². The average molecular weight is 304 g/mol. The summed E-state index contributed by atoms with van der Waals surface area (Å²) in [6.07, 6.45) is 3.23. The first-order chi connectivity index (χ1) is 10.3. The molecule has 2 heterocycles. The molecule has 1 N–H and O–H groups in total. The Balaban J connectivity index is 1.67. The van der Waals surface area contributed by atoms with Gasteiger partial charge in [-0.25, -0.2) is 0 Å². The van der Waals surface area contributed by atoms with E-state index in [1.807, 2.05) is 12.1 Å². The molecule has 1 aromatic heterocycles. The molecule has 21 heavy (non-hydrogen) atoms. The monoisotopic (exact) mass is 304 g/mol. The lowest BCUT2D eigenvalue weighted by Crippen LogP contribution is -2.27. The normalized spacial score (nSPS) is 16.8. The third-order valence-corrected chi connectivity index (χ3v) is 4.35. The van der Waals surface area contributed by atoms with Crippen LogP contribution < -0.4 is 5.32 Å². The van der Waals surface area contributed by atoms with Crippen LogP contribution in [0.2, 0.25) is 0 Å². The SMILES string of the molecule is CSc1ccc(-c2noc(CN3CCCNCC3)n2)cc1. The standard InChI is InChI=1S/C15H20N4OS/c1-21-13-5-3-12(4-6-13)15-17-14(20-18-15)11-19-9-2-7-16-8-10-19/h3-6,16H,2,7-11H2,1H3. The van der Waals surface area contributed by atoms with Gasteiger partial charge in [0, 0.05) is 23.5 Å². The lowest BCUT2D eigenvalue weighted by molar-refractivity contribution is 0.239. The number of thioether (sulfide) groups is 1. The quantitative estimate of drug-likeness (QED) is 0.875. The Labute approximate surface area is 129 Å². The Kier molecular flexibility index (Phi) is 4.90. The molecule has 1 aliphatic rings. The molecule has 0 bridgehead atoms. The molecule has 0 amide bonds. The van der Waals surface area contributed by atoms with Crippen LogP contribution in [0.5, 0.6) is 0 Å². The summed E-state index contributed by atoms with van der Waals surface area (Å²) in [5.41, 5.74) is 1.00. The van der Waals surface area contributed by atoms with Crippen molar-refractivity contribution in [2.45, 2.75) is 17.9 Å². The van der Waals surface area contributed by atoms with Crippen LogP contribution in [-0.2, 0) is 6.54 Å². The Bertz CT molecular complexity index is 561. The highest BCUT2D eigenvalue weighted by atomic mass is 32.2. The molecule has 0 saturated carbocycles. The molecule has 3 rings (SSSR count). The van der Waals surface area contributed by atoms with Crippen molar-refractivity contribution in [3.05, 3.63) is 30.2 Å². The van der Waals surface area contributed by atoms with Crippen LogP contribution in [0.3, 0.4) is 0 Å². The molecule has 0 spiro atoms. The van der Waals surface area contributed by atoms with E-state index >= 15 is 0 Å². The van der Waals surface area contributed by atoms with Gasteiger partial charge in [-0.3, -0.25) is 4.90 Å². The van der Waals surface area contributed by atoms with Gasteiger partial charge in [0.05, 0.1) is 6.54 Å². The molecule has 1 aliphatic heterocycles. The van der Waals surface area contributed by atoms with Crippen LogP contribution in [0.15, 0.2) is 33.7 Å². The van der Waals surface area contributed by atoms with Crippen molar-refractivity contribution in [2.75, 3.05) is 32.4 Å². The van der Waals surface area contributed by atoms with Crippen molar-refractivity contribution in [2.24, 2.45) is 0 Å². The average Bonchev–Trinajstić information content (AvgIpc) is 2.83. The zero-order chi connectivity index (χ0) is 14.5. The van der Waals surface area contributed by atoms with Gasteiger partial charge in [-0.15, -0.1) is 11.8 Å². The molecule has 0 unspecified atom stereocenters. The topological polar surface area (TPSA) is 54.2 Å². The maximum absolute atomic E-state index is 5.39. The molecule has 5 nitrogen and oxygen atoms in total. The van der Waals surface area contributed by atoms with E-state index in [1.54, 1.807) is 11.8 Å². The van der Waals surface area contributed by atoms with Gasteiger partial charge in [0.2, 0.25) is 11.7 Å². The molecule has 0 atom stereocenters. The summed E-state index contributed by atoms with van der Waals surface area (Å²) >= 11 is 1.73. The summed E-state index contributed by atoms with van der Waals surface area (Å²) in [7, 11) is 0. The Morgan fingerprint density at radius 1 is 1.24 bits per heavy atom. The lowest BCUT2D eigenvalue weighted by Gasteiger charge is -2.16. The first-order valence-electron chi connectivity index (χ1n) is 7.25. The Morgan fingerprint density at radius 3 is 2.90 bits per heavy atom. The van der Waals surface area contributed by atoms with E-state index in [2.05, 4.69) is 38.7 Å². The van der Waals surface area contributed by atoms with E-state index in [-0.39, 0.29) is 0 Å². The fraction of sp³-hybridized carbons (Fsp3) is 0.467. The molecule has 0 aliphatic carbocycles. The maximum Gasteiger partial charge on any atom is 0.241 e. The van der Waals surface area contributed by atoms with Crippen LogP contribution in [0, 0.1) is 0 Å². The molecule has 0 radical (unpaired) electrons. The number of rotatable bonds is 4. The van der Waals surface area contributed by atoms with Gasteiger partial charge < -0.3 is 9.84 Å². The van der Waals surface area contributed by atoms with E-state index in [9.17, 15) is 0 Å². The van der Waals surface area contributed by atoms with Crippen LogP contribution in [0.1, 0.15) is 12.3 Å². The molecule has 112 valence electrons. The number of hydrogen-bond donors (Lipinski definition) is 1. The van der Waals surface area contributed by atoms with Crippen molar-refractivity contribution in [3.63, 3.8) is 0 Å². The predicted octanol–water partition coefficient (Wildman–Crippen LogP) is 2.25. The third-order valence-electron chi connectivity index (χ3n) is 3.61. The van der Waals surface area contributed by atoms with E-state index in [0.717, 1.165) is 44.7 Å². The van der Waals surface area contributed by atoms with Gasteiger partial charge in [0.1, 0.15) is 0 Å². The summed E-state index contributed by atoms with van der Waals surface area (Å²) in [6, 6.07) is 8.24. The fourth-order valence-corrected chi connectivity index (χ4v) is 2.84. The van der Waals surface area contributed by atoms with Gasteiger partial charge in [-0.05, 0) is 50.0 Å². The first kappa shape index (κ1) is 14.6. The highest BCUT2D eigenvalue weighted by molar-refractivity contribution is 7.98. The van der Waals surface area contributed by atoms with Gasteiger partial charge in [0.25, 0.3) is 0 Å². The zero-order valence-corrected chi connectivity index (χ0v) is 13.0. The van der Waals surface area contributed by atoms with E-state index in [4.69, 9.17) is 4.52 Å². The highest BCUT2D eigenvalue weighted by Crippen LogP contribution is 2.21. The summed E-state index contributed by atoms with van der Waals surface area (Å²) in [4.78, 5) is 8.11. The van der Waals surface area contributed by atoms with Crippen molar-refractivity contribution in [3.8, 4) is 11.4 Å². The molecular weight excluding hydrogens is 284 g/mol. The fourth-order valence-electron chi connectivity index (χ4n) is 2.43. The zero-order valence-electron chi connectivity index (χ0n) is 12.2. The van der Waals surface area contributed by atoms with E-state index in [0.29, 0.717) is 11.7 Å². The van der Waals surface area contributed by atoms with Gasteiger partial charge in [0.15, 0.2) is 0 Å². The summed E-state index contributed by atoms with van der Waals surface area (Å²) in [6.45, 7) is 4.95. The highest BCUT2D eigenvalue weighted by Gasteiger charge is 2.14. The van der Waals surface area contributed by atoms with Crippen LogP contribution in [0.4, 0.5) is 0 Å². The number of nitrogens with zero attached hydrogens (tertiary/aromatic N) is 3. The second-order valence-corrected chi connectivity index (χ2v) is 6.00. The summed E-state index contributed by atoms with van der Waals surface area (Å²) in [5, 5.41) is 7.49. The molecular formula is C15H20N4OS.